The summed E-state index contributed by atoms with van der Waals surface area (Å²) in [5.74, 6) is 0.598. The zero-order valence-corrected chi connectivity index (χ0v) is 14.8. The first kappa shape index (κ1) is 16.7. The SMILES string of the molecule is CCc1nn(CC)c(CC(CNC)C(C)(C)C)c1Br. The molecule has 0 aliphatic heterocycles. The molecule has 0 bridgehead atoms. The van der Waals surface area contributed by atoms with Gasteiger partial charge in [0.2, 0.25) is 0 Å². The summed E-state index contributed by atoms with van der Waals surface area (Å²) in [6, 6.07) is 0. The number of aromatic nitrogens is 2. The van der Waals surface area contributed by atoms with E-state index in [9.17, 15) is 0 Å². The molecule has 1 N–H and O–H groups in total. The largest absolute Gasteiger partial charge is 0.319 e. The van der Waals surface area contributed by atoms with Crippen molar-refractivity contribution in [1.29, 1.82) is 0 Å². The van der Waals surface area contributed by atoms with Gasteiger partial charge in [0.05, 0.1) is 15.9 Å². The van der Waals surface area contributed by atoms with Gasteiger partial charge in [-0.2, -0.15) is 5.10 Å². The standard InChI is InChI=1S/C15H28BrN3/c1-7-12-14(16)13(19(8-2)18-12)9-11(10-17-6)15(3,4)5/h11,17H,7-10H2,1-6H3. The van der Waals surface area contributed by atoms with Crippen molar-refractivity contribution in [2.45, 2.75) is 54.0 Å². The molecule has 0 aliphatic carbocycles. The molecule has 0 fully saturated rings. The summed E-state index contributed by atoms with van der Waals surface area (Å²) in [4.78, 5) is 0. The zero-order valence-electron chi connectivity index (χ0n) is 13.2. The van der Waals surface area contributed by atoms with Crippen molar-refractivity contribution in [2.75, 3.05) is 13.6 Å². The van der Waals surface area contributed by atoms with E-state index in [0.29, 0.717) is 5.92 Å². The molecule has 1 heterocycles. The second-order valence-corrected chi connectivity index (χ2v) is 6.99. The normalized spacial score (nSPS) is 13.8. The fraction of sp³-hybridized carbons (Fsp3) is 0.800. The molecule has 110 valence electrons. The lowest BCUT2D eigenvalue weighted by atomic mass is 9.78. The number of rotatable bonds is 6. The minimum absolute atomic E-state index is 0.289. The van der Waals surface area contributed by atoms with Gasteiger partial charge in [0.25, 0.3) is 0 Å². The summed E-state index contributed by atoms with van der Waals surface area (Å²) in [6.45, 7) is 13.2. The van der Waals surface area contributed by atoms with E-state index in [1.165, 1.54) is 15.9 Å². The Morgan fingerprint density at radius 1 is 1.32 bits per heavy atom. The summed E-state index contributed by atoms with van der Waals surface area (Å²) < 4.78 is 3.36. The number of hydrogen-bond donors (Lipinski definition) is 1. The lowest BCUT2D eigenvalue weighted by Gasteiger charge is -2.31. The van der Waals surface area contributed by atoms with Gasteiger partial charge in [-0.3, -0.25) is 4.68 Å². The van der Waals surface area contributed by atoms with Crippen molar-refractivity contribution >= 4 is 15.9 Å². The number of nitrogens with one attached hydrogen (secondary N) is 1. The van der Waals surface area contributed by atoms with E-state index in [2.05, 4.69) is 60.5 Å². The van der Waals surface area contributed by atoms with Crippen LogP contribution < -0.4 is 5.32 Å². The van der Waals surface area contributed by atoms with E-state index in [1.807, 2.05) is 7.05 Å². The third-order valence-corrected chi connectivity index (χ3v) is 4.72. The molecular weight excluding hydrogens is 302 g/mol. The Bertz CT molecular complexity index is 404. The van der Waals surface area contributed by atoms with Crippen LogP contribution in [0.15, 0.2) is 4.47 Å². The second kappa shape index (κ2) is 6.89. The van der Waals surface area contributed by atoms with Crippen LogP contribution in [0.5, 0.6) is 0 Å². The number of hydrogen-bond acceptors (Lipinski definition) is 2. The molecule has 1 aromatic heterocycles. The Morgan fingerprint density at radius 2 is 1.95 bits per heavy atom. The van der Waals surface area contributed by atoms with E-state index in [-0.39, 0.29) is 5.41 Å². The van der Waals surface area contributed by atoms with Gasteiger partial charge in [-0.15, -0.1) is 0 Å². The van der Waals surface area contributed by atoms with Crippen LogP contribution in [0.1, 0.15) is 46.0 Å². The summed E-state index contributed by atoms with van der Waals surface area (Å²) in [7, 11) is 2.03. The molecule has 0 spiro atoms. The molecule has 1 unspecified atom stereocenters. The molecule has 1 atom stereocenters. The lowest BCUT2D eigenvalue weighted by Crippen LogP contribution is -2.32. The molecule has 19 heavy (non-hydrogen) atoms. The van der Waals surface area contributed by atoms with Crippen molar-refractivity contribution < 1.29 is 0 Å². The molecule has 0 aliphatic rings. The van der Waals surface area contributed by atoms with E-state index < -0.39 is 0 Å². The highest BCUT2D eigenvalue weighted by molar-refractivity contribution is 9.10. The van der Waals surface area contributed by atoms with Crippen LogP contribution >= 0.6 is 15.9 Å². The van der Waals surface area contributed by atoms with Crippen LogP contribution in [0, 0.1) is 11.3 Å². The number of nitrogens with zero attached hydrogens (tertiary/aromatic N) is 2. The lowest BCUT2D eigenvalue weighted by molar-refractivity contribution is 0.230. The number of aryl methyl sites for hydroxylation is 2. The van der Waals surface area contributed by atoms with E-state index >= 15 is 0 Å². The highest BCUT2D eigenvalue weighted by atomic mass is 79.9. The molecule has 3 nitrogen and oxygen atoms in total. The summed E-state index contributed by atoms with van der Waals surface area (Å²) >= 11 is 3.75. The third kappa shape index (κ3) is 4.06. The van der Waals surface area contributed by atoms with Crippen molar-refractivity contribution in [3.05, 3.63) is 15.9 Å². The van der Waals surface area contributed by atoms with Gasteiger partial charge in [0.1, 0.15) is 0 Å². The Labute approximate surface area is 126 Å². The van der Waals surface area contributed by atoms with Crippen molar-refractivity contribution in [3.8, 4) is 0 Å². The summed E-state index contributed by atoms with van der Waals surface area (Å²) in [5.41, 5.74) is 2.81. The molecule has 1 aromatic rings. The Balaban J connectivity index is 3.05. The van der Waals surface area contributed by atoms with Crippen LogP contribution in [0.25, 0.3) is 0 Å². The average molecular weight is 330 g/mol. The molecule has 0 aromatic carbocycles. The van der Waals surface area contributed by atoms with Gasteiger partial charge < -0.3 is 5.32 Å². The van der Waals surface area contributed by atoms with Crippen LogP contribution in [0.4, 0.5) is 0 Å². The van der Waals surface area contributed by atoms with Crippen LogP contribution in [0.3, 0.4) is 0 Å². The first-order chi connectivity index (χ1) is 8.85. The third-order valence-electron chi connectivity index (χ3n) is 3.81. The van der Waals surface area contributed by atoms with Gasteiger partial charge in [-0.05, 0) is 60.6 Å². The minimum Gasteiger partial charge on any atom is -0.319 e. The van der Waals surface area contributed by atoms with Crippen molar-refractivity contribution in [3.63, 3.8) is 0 Å². The maximum Gasteiger partial charge on any atom is 0.0766 e. The monoisotopic (exact) mass is 329 g/mol. The van der Waals surface area contributed by atoms with Crippen LogP contribution in [-0.2, 0) is 19.4 Å². The maximum atomic E-state index is 4.69. The molecule has 4 heteroatoms. The fourth-order valence-corrected chi connectivity index (χ4v) is 3.10. The first-order valence-electron chi connectivity index (χ1n) is 7.23. The predicted octanol–water partition coefficient (Wildman–Crippen LogP) is 3.65. The van der Waals surface area contributed by atoms with Gasteiger partial charge in [0.15, 0.2) is 0 Å². The molecule has 0 radical (unpaired) electrons. The van der Waals surface area contributed by atoms with Crippen molar-refractivity contribution in [1.82, 2.24) is 15.1 Å². The van der Waals surface area contributed by atoms with E-state index in [4.69, 9.17) is 5.10 Å². The highest BCUT2D eigenvalue weighted by Crippen LogP contribution is 2.32. The topological polar surface area (TPSA) is 29.9 Å². The average Bonchev–Trinajstić information content (AvgIpc) is 2.64. The predicted molar refractivity (Wildman–Crippen MR) is 85.6 cm³/mol. The minimum atomic E-state index is 0.289. The summed E-state index contributed by atoms with van der Waals surface area (Å²) in [6.07, 6.45) is 2.04. The fourth-order valence-electron chi connectivity index (χ4n) is 2.38. The molecule has 0 saturated carbocycles. The Morgan fingerprint density at radius 3 is 2.37 bits per heavy atom. The summed E-state index contributed by atoms with van der Waals surface area (Å²) in [5, 5.41) is 8.02. The number of halogens is 1. The van der Waals surface area contributed by atoms with E-state index in [1.54, 1.807) is 0 Å². The first-order valence-corrected chi connectivity index (χ1v) is 8.03. The van der Waals surface area contributed by atoms with Crippen LogP contribution in [-0.4, -0.2) is 23.4 Å². The maximum absolute atomic E-state index is 4.69. The quantitative estimate of drug-likeness (QED) is 0.863. The van der Waals surface area contributed by atoms with Crippen molar-refractivity contribution in [2.24, 2.45) is 11.3 Å². The van der Waals surface area contributed by atoms with Gasteiger partial charge in [-0.1, -0.05) is 27.7 Å². The van der Waals surface area contributed by atoms with E-state index in [0.717, 1.165) is 25.9 Å². The second-order valence-electron chi connectivity index (χ2n) is 6.20. The highest BCUT2D eigenvalue weighted by Gasteiger charge is 2.27. The molecular formula is C15H28BrN3. The Hall–Kier alpha value is -0.350. The smallest absolute Gasteiger partial charge is 0.0766 e. The molecule has 1 rings (SSSR count). The zero-order chi connectivity index (χ0) is 14.6. The Kier molecular flexibility index (Phi) is 6.06. The molecule has 0 amide bonds. The molecule has 0 saturated heterocycles. The van der Waals surface area contributed by atoms with Gasteiger partial charge >= 0.3 is 0 Å². The van der Waals surface area contributed by atoms with Gasteiger partial charge in [0, 0.05) is 6.54 Å². The van der Waals surface area contributed by atoms with Gasteiger partial charge in [-0.25, -0.2) is 0 Å². The van der Waals surface area contributed by atoms with Crippen LogP contribution in [0.2, 0.25) is 0 Å².